The molecule has 2 amide bonds. The molecule has 3 fully saturated rings. The number of aliphatic hydroxyl groups is 1. The van der Waals surface area contributed by atoms with Crippen LogP contribution in [0.25, 0.3) is 10.9 Å². The molecule has 0 saturated carbocycles. The Balaban J connectivity index is 0.926. The highest BCUT2D eigenvalue weighted by Crippen LogP contribution is 2.31. The fourth-order valence-corrected chi connectivity index (χ4v) is 7.24. The van der Waals surface area contributed by atoms with Crippen LogP contribution in [0.4, 0.5) is 10.5 Å². The lowest BCUT2D eigenvalue weighted by Crippen LogP contribution is -2.52. The van der Waals surface area contributed by atoms with Gasteiger partial charge in [-0.3, -0.25) is 14.5 Å². The van der Waals surface area contributed by atoms with E-state index in [0.29, 0.717) is 34.8 Å². The van der Waals surface area contributed by atoms with Crippen molar-refractivity contribution >= 4 is 28.6 Å². The van der Waals surface area contributed by atoms with Crippen molar-refractivity contribution in [3.8, 4) is 11.5 Å². The molecule has 53 heavy (non-hydrogen) atoms. The predicted molar refractivity (Wildman–Crippen MR) is 201 cm³/mol. The summed E-state index contributed by atoms with van der Waals surface area (Å²) < 4.78 is 11.8. The summed E-state index contributed by atoms with van der Waals surface area (Å²) in [6.07, 6.45) is 0.632. The number of aliphatic hydroxyl groups excluding tert-OH is 1. The van der Waals surface area contributed by atoms with Crippen LogP contribution in [0.2, 0.25) is 0 Å². The largest absolute Gasteiger partial charge is 0.506 e. The number of hydrogen-bond acceptors (Lipinski definition) is 9. The van der Waals surface area contributed by atoms with Crippen LogP contribution in [0.15, 0.2) is 108 Å². The first-order valence-electron chi connectivity index (χ1n) is 17.9. The van der Waals surface area contributed by atoms with Gasteiger partial charge in [0.25, 0.3) is 5.91 Å². The number of rotatable bonds is 13. The third kappa shape index (κ3) is 8.86. The molecule has 12 heteroatoms. The Labute approximate surface area is 306 Å². The maximum Gasteiger partial charge on any atom is 0.408 e. The zero-order valence-electron chi connectivity index (χ0n) is 29.2. The average molecular weight is 718 g/mol. The van der Waals surface area contributed by atoms with Gasteiger partial charge in [0, 0.05) is 36.8 Å². The van der Waals surface area contributed by atoms with E-state index < -0.39 is 18.2 Å². The van der Waals surface area contributed by atoms with Gasteiger partial charge >= 0.3 is 6.09 Å². The first kappa shape index (κ1) is 35.7. The van der Waals surface area contributed by atoms with Gasteiger partial charge in [-0.05, 0) is 90.5 Å². The molecule has 274 valence electrons. The summed E-state index contributed by atoms with van der Waals surface area (Å²) in [5.41, 5.74) is 3.67. The number of phenols is 1. The average Bonchev–Trinajstić information content (AvgIpc) is 3.17. The number of carbonyl (C=O) groups is 2. The summed E-state index contributed by atoms with van der Waals surface area (Å²) >= 11 is 0. The van der Waals surface area contributed by atoms with Crippen LogP contribution in [-0.2, 0) is 16.1 Å². The SMILES string of the molecule is O=C(COc1cccc(C(NC(=O)O[C@H]2CN3CCC2CC3)c2ccccc2)c1)Nc1cccc(CNC[C@@H](O)c2ccc(O)c3[nH]c(=O)ccc23)c1. The van der Waals surface area contributed by atoms with Crippen molar-refractivity contribution in [1.82, 2.24) is 20.5 Å². The molecule has 5 aromatic rings. The number of ether oxygens (including phenoxy) is 2. The first-order chi connectivity index (χ1) is 25.8. The molecular formula is C41H43N5O7. The van der Waals surface area contributed by atoms with E-state index in [1.54, 1.807) is 24.3 Å². The van der Waals surface area contributed by atoms with E-state index in [1.807, 2.05) is 66.7 Å². The van der Waals surface area contributed by atoms with Crippen molar-refractivity contribution in [2.24, 2.45) is 5.92 Å². The molecule has 3 atom stereocenters. The van der Waals surface area contributed by atoms with Crippen LogP contribution >= 0.6 is 0 Å². The quantitative estimate of drug-likeness (QED) is 0.0985. The molecule has 1 aromatic heterocycles. The molecular weight excluding hydrogens is 674 g/mol. The molecule has 4 aromatic carbocycles. The fraction of sp³-hybridized carbons (Fsp3) is 0.293. The Hall–Kier alpha value is -5.69. The number of piperidine rings is 3. The second-order valence-electron chi connectivity index (χ2n) is 13.6. The number of carbonyl (C=O) groups excluding carboxylic acids is 2. The lowest BCUT2D eigenvalue weighted by atomic mass is 9.86. The van der Waals surface area contributed by atoms with Crippen molar-refractivity contribution in [3.63, 3.8) is 0 Å². The number of nitrogens with one attached hydrogen (secondary N) is 4. The van der Waals surface area contributed by atoms with Crippen molar-refractivity contribution < 1.29 is 29.3 Å². The van der Waals surface area contributed by atoms with Crippen molar-refractivity contribution in [1.29, 1.82) is 0 Å². The minimum Gasteiger partial charge on any atom is -0.506 e. The molecule has 12 nitrogen and oxygen atoms in total. The number of alkyl carbamates (subject to hydrolysis) is 1. The van der Waals surface area contributed by atoms with Gasteiger partial charge in [0.15, 0.2) is 6.61 Å². The van der Waals surface area contributed by atoms with Gasteiger partial charge in [-0.1, -0.05) is 60.7 Å². The molecule has 3 saturated heterocycles. The van der Waals surface area contributed by atoms with Crippen molar-refractivity contribution in [3.05, 3.63) is 136 Å². The number of fused-ring (bicyclic) bond motifs is 4. The number of amides is 2. The van der Waals surface area contributed by atoms with Crippen LogP contribution in [-0.4, -0.2) is 71.0 Å². The van der Waals surface area contributed by atoms with Crippen molar-refractivity contribution in [2.45, 2.75) is 37.6 Å². The molecule has 1 unspecified atom stereocenters. The third-order valence-electron chi connectivity index (χ3n) is 9.95. The second-order valence-corrected chi connectivity index (χ2v) is 13.6. The highest BCUT2D eigenvalue weighted by Gasteiger charge is 2.37. The molecule has 3 aliphatic heterocycles. The summed E-state index contributed by atoms with van der Waals surface area (Å²) in [5.74, 6) is 0.473. The highest BCUT2D eigenvalue weighted by atomic mass is 16.6. The van der Waals surface area contributed by atoms with Crippen LogP contribution in [0, 0.1) is 5.92 Å². The summed E-state index contributed by atoms with van der Waals surface area (Å²) in [7, 11) is 0. The number of aromatic hydroxyl groups is 1. The predicted octanol–water partition coefficient (Wildman–Crippen LogP) is 4.98. The summed E-state index contributed by atoms with van der Waals surface area (Å²) in [4.78, 5) is 42.8. The Bertz CT molecular complexity index is 2120. The topological polar surface area (TPSA) is 165 Å². The normalized spacial score (nSPS) is 18.9. The number of H-pyrrole nitrogens is 1. The van der Waals surface area contributed by atoms with Crippen LogP contribution in [0.3, 0.4) is 0 Å². The standard InChI is InChI=1S/C41H43N5O7/c47-34-14-12-32(33-13-15-37(49)44-40(33)34)35(48)23-42-22-26-6-4-10-30(20-26)43-38(50)25-52-31-11-5-9-29(21-31)39(28-7-2-1-3-8-28)45-41(51)53-36-24-46-18-16-27(36)17-19-46/h1-15,20-21,27,35-36,39,42,47-48H,16-19,22-25H2,(H,43,50)(H,44,49)(H,45,51)/t35-,36+,39?/m1/s1. The van der Waals surface area contributed by atoms with Gasteiger partial charge in [0.1, 0.15) is 17.6 Å². The lowest BCUT2D eigenvalue weighted by molar-refractivity contribution is -0.118. The number of aromatic amines is 1. The zero-order chi connectivity index (χ0) is 36.7. The zero-order valence-corrected chi connectivity index (χ0v) is 29.2. The molecule has 2 bridgehead atoms. The number of benzene rings is 4. The Kier molecular flexibility index (Phi) is 11.0. The molecule has 3 aliphatic rings. The highest BCUT2D eigenvalue weighted by molar-refractivity contribution is 5.92. The molecule has 0 radical (unpaired) electrons. The Morgan fingerprint density at radius 1 is 0.906 bits per heavy atom. The van der Waals surface area contributed by atoms with E-state index >= 15 is 0 Å². The molecule has 6 N–H and O–H groups in total. The molecule has 0 aliphatic carbocycles. The van der Waals surface area contributed by atoms with E-state index in [-0.39, 0.29) is 42.0 Å². The smallest absolute Gasteiger partial charge is 0.408 e. The van der Waals surface area contributed by atoms with E-state index in [4.69, 9.17) is 9.47 Å². The van der Waals surface area contributed by atoms with E-state index in [0.717, 1.165) is 49.2 Å². The molecule has 8 rings (SSSR count). The van der Waals surface area contributed by atoms with Gasteiger partial charge in [0.05, 0.1) is 17.7 Å². The Morgan fingerprint density at radius 3 is 2.49 bits per heavy atom. The van der Waals surface area contributed by atoms with Crippen LogP contribution < -0.4 is 26.2 Å². The van der Waals surface area contributed by atoms with E-state index in [2.05, 4.69) is 25.8 Å². The third-order valence-corrected chi connectivity index (χ3v) is 9.95. The maximum atomic E-state index is 13.2. The second kappa shape index (κ2) is 16.3. The first-order valence-corrected chi connectivity index (χ1v) is 17.9. The minimum absolute atomic E-state index is 0.0677. The van der Waals surface area contributed by atoms with Gasteiger partial charge in [0.2, 0.25) is 5.56 Å². The molecule has 4 heterocycles. The number of nitrogens with zero attached hydrogens (tertiary/aromatic N) is 1. The van der Waals surface area contributed by atoms with Crippen LogP contribution in [0.1, 0.15) is 47.2 Å². The summed E-state index contributed by atoms with van der Waals surface area (Å²) in [6.45, 7) is 3.30. The Morgan fingerprint density at radius 2 is 1.70 bits per heavy atom. The summed E-state index contributed by atoms with van der Waals surface area (Å²) in [6, 6.07) is 29.9. The number of anilines is 1. The van der Waals surface area contributed by atoms with Gasteiger partial charge in [-0.2, -0.15) is 0 Å². The lowest BCUT2D eigenvalue weighted by Gasteiger charge is -2.43. The van der Waals surface area contributed by atoms with Crippen LogP contribution in [0.5, 0.6) is 11.5 Å². The maximum absolute atomic E-state index is 13.2. The monoisotopic (exact) mass is 717 g/mol. The fourth-order valence-electron chi connectivity index (χ4n) is 7.24. The summed E-state index contributed by atoms with van der Waals surface area (Å²) in [5, 5.41) is 30.7. The van der Waals surface area contributed by atoms with Gasteiger partial charge in [-0.25, -0.2) is 4.79 Å². The number of aromatic nitrogens is 1. The van der Waals surface area contributed by atoms with Gasteiger partial charge in [-0.15, -0.1) is 0 Å². The van der Waals surface area contributed by atoms with Crippen molar-refractivity contribution in [2.75, 3.05) is 38.1 Å². The van der Waals surface area contributed by atoms with E-state index in [9.17, 15) is 24.6 Å². The number of hydrogen-bond donors (Lipinski definition) is 6. The minimum atomic E-state index is -0.898. The molecule has 0 spiro atoms. The number of phenolic OH excluding ortho intramolecular Hbond substituents is 1. The van der Waals surface area contributed by atoms with E-state index in [1.165, 1.54) is 12.1 Å². The number of pyridine rings is 1. The van der Waals surface area contributed by atoms with Gasteiger partial charge < -0.3 is 40.6 Å².